The Morgan fingerprint density at radius 3 is 2.95 bits per heavy atom. The maximum absolute atomic E-state index is 3.64. The molecule has 1 saturated carbocycles. The van der Waals surface area contributed by atoms with Gasteiger partial charge in [-0.15, -0.1) is 0 Å². The molecule has 0 bridgehead atoms. The van der Waals surface area contributed by atoms with E-state index in [1.165, 1.54) is 40.9 Å². The van der Waals surface area contributed by atoms with Crippen LogP contribution in [-0.4, -0.2) is 22.1 Å². The van der Waals surface area contributed by atoms with Crippen molar-refractivity contribution in [3.05, 3.63) is 36.0 Å². The zero-order valence-corrected chi connectivity index (χ0v) is 12.4. The molecule has 1 fully saturated rings. The summed E-state index contributed by atoms with van der Waals surface area (Å²) in [5, 5.41) is 5.01. The maximum Gasteiger partial charge on any atom is 0.0483 e. The van der Waals surface area contributed by atoms with Gasteiger partial charge in [-0.3, -0.25) is 0 Å². The van der Waals surface area contributed by atoms with Crippen molar-refractivity contribution in [2.75, 3.05) is 11.5 Å². The highest BCUT2D eigenvalue weighted by Gasteiger charge is 2.20. The first-order valence-corrected chi connectivity index (χ1v) is 8.42. The van der Waals surface area contributed by atoms with E-state index < -0.39 is 0 Å². The van der Waals surface area contributed by atoms with E-state index >= 15 is 0 Å². The van der Waals surface area contributed by atoms with Gasteiger partial charge in [-0.25, -0.2) is 0 Å². The van der Waals surface area contributed by atoms with E-state index in [1.807, 2.05) is 11.8 Å². The van der Waals surface area contributed by atoms with Gasteiger partial charge < -0.3 is 9.88 Å². The fourth-order valence-corrected chi connectivity index (χ4v) is 3.11. The molecule has 0 radical (unpaired) electrons. The third-order valence-corrected chi connectivity index (χ3v) is 4.59. The smallest absolute Gasteiger partial charge is 0.0483 e. The first-order chi connectivity index (χ1) is 9.38. The van der Waals surface area contributed by atoms with Crippen LogP contribution in [-0.2, 0) is 13.1 Å². The van der Waals surface area contributed by atoms with E-state index in [4.69, 9.17) is 0 Å². The van der Waals surface area contributed by atoms with Crippen LogP contribution in [0.1, 0.15) is 25.5 Å². The number of nitrogens with zero attached hydrogens (tertiary/aromatic N) is 1. The second-order valence-electron chi connectivity index (χ2n) is 5.20. The molecule has 19 heavy (non-hydrogen) atoms. The molecule has 1 aromatic heterocycles. The SMILES string of the molecule is CCSCCn1c(CNC2CC2)cc2ccccc21. The Labute approximate surface area is 119 Å². The van der Waals surface area contributed by atoms with Crippen LogP contribution < -0.4 is 5.32 Å². The molecule has 0 atom stereocenters. The third kappa shape index (κ3) is 3.15. The second-order valence-corrected chi connectivity index (χ2v) is 6.59. The standard InChI is InChI=1S/C16H22N2S/c1-2-19-10-9-18-15(12-17-14-7-8-14)11-13-5-3-4-6-16(13)18/h3-6,11,14,17H,2,7-10,12H2,1H3. The molecule has 102 valence electrons. The Hall–Kier alpha value is -0.930. The first kappa shape index (κ1) is 13.1. The molecule has 0 aliphatic heterocycles. The monoisotopic (exact) mass is 274 g/mol. The fourth-order valence-electron chi connectivity index (χ4n) is 2.51. The van der Waals surface area contributed by atoms with Crippen LogP contribution in [0.3, 0.4) is 0 Å². The summed E-state index contributed by atoms with van der Waals surface area (Å²) in [6.45, 7) is 4.36. The molecule has 2 nitrogen and oxygen atoms in total. The van der Waals surface area contributed by atoms with Crippen molar-refractivity contribution < 1.29 is 0 Å². The lowest BCUT2D eigenvalue weighted by atomic mass is 10.2. The number of hydrogen-bond donors (Lipinski definition) is 1. The average Bonchev–Trinajstić information content (AvgIpc) is 3.20. The Bertz CT molecular complexity index is 543. The molecule has 0 saturated heterocycles. The average molecular weight is 274 g/mol. The van der Waals surface area contributed by atoms with Gasteiger partial charge in [0.1, 0.15) is 0 Å². The van der Waals surface area contributed by atoms with Gasteiger partial charge in [0.05, 0.1) is 0 Å². The summed E-state index contributed by atoms with van der Waals surface area (Å²) in [6, 6.07) is 11.9. The van der Waals surface area contributed by atoms with Crippen LogP contribution in [0.25, 0.3) is 10.9 Å². The van der Waals surface area contributed by atoms with E-state index in [2.05, 4.69) is 47.1 Å². The van der Waals surface area contributed by atoms with Crippen molar-refractivity contribution in [2.45, 2.75) is 38.9 Å². The Kier molecular flexibility index (Phi) is 4.14. The molecule has 1 aliphatic rings. The summed E-state index contributed by atoms with van der Waals surface area (Å²) in [6.07, 6.45) is 2.71. The molecular weight excluding hydrogens is 252 g/mol. The quantitative estimate of drug-likeness (QED) is 0.776. The molecular formula is C16H22N2S. The van der Waals surface area contributed by atoms with Gasteiger partial charge >= 0.3 is 0 Å². The summed E-state index contributed by atoms with van der Waals surface area (Å²) in [5.74, 6) is 2.40. The van der Waals surface area contributed by atoms with Crippen LogP contribution in [0.5, 0.6) is 0 Å². The van der Waals surface area contributed by atoms with E-state index in [0.29, 0.717) is 0 Å². The second kappa shape index (κ2) is 6.02. The van der Waals surface area contributed by atoms with E-state index in [-0.39, 0.29) is 0 Å². The summed E-state index contributed by atoms with van der Waals surface area (Å²) < 4.78 is 2.49. The van der Waals surface area contributed by atoms with Gasteiger partial charge in [-0.2, -0.15) is 11.8 Å². The Balaban J connectivity index is 1.81. The largest absolute Gasteiger partial charge is 0.342 e. The van der Waals surface area contributed by atoms with Crippen LogP contribution in [0.4, 0.5) is 0 Å². The van der Waals surface area contributed by atoms with Crippen molar-refractivity contribution in [2.24, 2.45) is 0 Å². The zero-order valence-electron chi connectivity index (χ0n) is 11.6. The minimum absolute atomic E-state index is 0.775. The number of benzene rings is 1. The molecule has 2 aromatic rings. The lowest BCUT2D eigenvalue weighted by Crippen LogP contribution is -2.18. The predicted molar refractivity (Wildman–Crippen MR) is 84.8 cm³/mol. The number of aryl methyl sites for hydroxylation is 1. The normalized spacial score (nSPS) is 15.2. The number of thioether (sulfide) groups is 1. The van der Waals surface area contributed by atoms with Crippen molar-refractivity contribution in [1.29, 1.82) is 0 Å². The number of nitrogens with one attached hydrogen (secondary N) is 1. The first-order valence-electron chi connectivity index (χ1n) is 7.26. The van der Waals surface area contributed by atoms with Gasteiger partial charge in [0.2, 0.25) is 0 Å². The maximum atomic E-state index is 3.64. The van der Waals surface area contributed by atoms with Gasteiger partial charge in [0, 0.05) is 36.1 Å². The number of para-hydroxylation sites is 1. The van der Waals surface area contributed by atoms with Gasteiger partial charge in [-0.05, 0) is 36.1 Å². The lowest BCUT2D eigenvalue weighted by Gasteiger charge is -2.11. The van der Waals surface area contributed by atoms with Gasteiger partial charge in [0.15, 0.2) is 0 Å². The van der Waals surface area contributed by atoms with Gasteiger partial charge in [-0.1, -0.05) is 25.1 Å². The van der Waals surface area contributed by atoms with Crippen LogP contribution in [0.2, 0.25) is 0 Å². The van der Waals surface area contributed by atoms with Gasteiger partial charge in [0.25, 0.3) is 0 Å². The molecule has 3 rings (SSSR count). The van der Waals surface area contributed by atoms with E-state index in [0.717, 1.165) is 19.1 Å². The van der Waals surface area contributed by atoms with Crippen molar-refractivity contribution in [3.63, 3.8) is 0 Å². The van der Waals surface area contributed by atoms with Crippen molar-refractivity contribution in [1.82, 2.24) is 9.88 Å². The highest BCUT2D eigenvalue weighted by atomic mass is 32.2. The highest BCUT2D eigenvalue weighted by Crippen LogP contribution is 2.23. The van der Waals surface area contributed by atoms with Crippen LogP contribution in [0, 0.1) is 0 Å². The molecule has 1 heterocycles. The minimum atomic E-state index is 0.775. The predicted octanol–water partition coefficient (Wildman–Crippen LogP) is 3.65. The third-order valence-electron chi connectivity index (χ3n) is 3.71. The number of hydrogen-bond acceptors (Lipinski definition) is 2. The van der Waals surface area contributed by atoms with Crippen LogP contribution in [0.15, 0.2) is 30.3 Å². The summed E-state index contributed by atoms with van der Waals surface area (Å²) >= 11 is 2.02. The molecule has 0 unspecified atom stereocenters. The van der Waals surface area contributed by atoms with Crippen molar-refractivity contribution in [3.8, 4) is 0 Å². The number of fused-ring (bicyclic) bond motifs is 1. The van der Waals surface area contributed by atoms with E-state index in [9.17, 15) is 0 Å². The van der Waals surface area contributed by atoms with Crippen LogP contribution >= 0.6 is 11.8 Å². The van der Waals surface area contributed by atoms with Crippen molar-refractivity contribution >= 4 is 22.7 Å². The Morgan fingerprint density at radius 1 is 1.32 bits per heavy atom. The molecule has 0 amide bonds. The Morgan fingerprint density at radius 2 is 2.16 bits per heavy atom. The van der Waals surface area contributed by atoms with E-state index in [1.54, 1.807) is 0 Å². The fraction of sp³-hybridized carbons (Fsp3) is 0.500. The summed E-state index contributed by atoms with van der Waals surface area (Å²) in [4.78, 5) is 0. The minimum Gasteiger partial charge on any atom is -0.342 e. The lowest BCUT2D eigenvalue weighted by molar-refractivity contribution is 0.636. The molecule has 3 heteroatoms. The molecule has 1 aromatic carbocycles. The topological polar surface area (TPSA) is 17.0 Å². The molecule has 1 aliphatic carbocycles. The summed E-state index contributed by atoms with van der Waals surface area (Å²) in [5.41, 5.74) is 2.82. The summed E-state index contributed by atoms with van der Waals surface area (Å²) in [7, 11) is 0. The zero-order chi connectivity index (χ0) is 13.1. The molecule has 1 N–H and O–H groups in total. The molecule has 0 spiro atoms. The number of aromatic nitrogens is 1. The highest BCUT2D eigenvalue weighted by molar-refractivity contribution is 7.99. The number of rotatable bonds is 7.